The van der Waals surface area contributed by atoms with Gasteiger partial charge in [0, 0.05) is 19.5 Å². The van der Waals surface area contributed by atoms with Gasteiger partial charge in [0.15, 0.2) is 11.3 Å². The molecule has 0 spiro atoms. The van der Waals surface area contributed by atoms with Crippen LogP contribution in [0.15, 0.2) is 34.5 Å². The summed E-state index contributed by atoms with van der Waals surface area (Å²) in [6, 6.07) is 7.94. The lowest BCUT2D eigenvalue weighted by molar-refractivity contribution is 0.561. The highest BCUT2D eigenvalue weighted by atomic mass is 15.4. The zero-order valence-corrected chi connectivity index (χ0v) is 15.9. The van der Waals surface area contributed by atoms with Crippen LogP contribution in [0.5, 0.6) is 0 Å². The second kappa shape index (κ2) is 5.48. The molecule has 0 aliphatic carbocycles. The summed E-state index contributed by atoms with van der Waals surface area (Å²) in [5.41, 5.74) is 4.20. The summed E-state index contributed by atoms with van der Waals surface area (Å²) in [5, 5.41) is 18.2. The topological polar surface area (TPSA) is 77.7 Å². The monoisotopic (exact) mass is 350 g/mol. The number of hydrogen-bond acceptors (Lipinski definition) is 5. The van der Waals surface area contributed by atoms with Crippen molar-refractivity contribution in [2.75, 3.05) is 0 Å². The SMILES string of the molecule is Cc1nn(C)c2c(/N=N/c3nc4ccccc4n3C)c(C(C)(C)C)nn12. The van der Waals surface area contributed by atoms with Gasteiger partial charge in [0.05, 0.1) is 16.7 Å². The van der Waals surface area contributed by atoms with Crippen LogP contribution in [-0.4, -0.2) is 28.9 Å². The first kappa shape index (κ1) is 16.4. The first-order chi connectivity index (χ1) is 12.3. The van der Waals surface area contributed by atoms with Crippen molar-refractivity contribution in [2.45, 2.75) is 33.1 Å². The molecule has 0 radical (unpaired) electrons. The van der Waals surface area contributed by atoms with E-state index in [-0.39, 0.29) is 5.41 Å². The van der Waals surface area contributed by atoms with Gasteiger partial charge in [0.1, 0.15) is 5.82 Å². The molecule has 4 aromatic rings. The van der Waals surface area contributed by atoms with Crippen molar-refractivity contribution in [2.24, 2.45) is 24.3 Å². The lowest BCUT2D eigenvalue weighted by Crippen LogP contribution is -2.12. The van der Waals surface area contributed by atoms with E-state index in [0.717, 1.165) is 33.9 Å². The molecule has 4 rings (SSSR count). The molecule has 0 fully saturated rings. The van der Waals surface area contributed by atoms with Crippen molar-refractivity contribution >= 4 is 28.3 Å². The molecule has 0 unspecified atom stereocenters. The van der Waals surface area contributed by atoms with Gasteiger partial charge in [-0.3, -0.25) is 0 Å². The van der Waals surface area contributed by atoms with Crippen LogP contribution in [0.25, 0.3) is 16.7 Å². The van der Waals surface area contributed by atoms with Crippen LogP contribution in [-0.2, 0) is 19.5 Å². The Hall–Kier alpha value is -3.03. The molecular formula is C18H22N8. The van der Waals surface area contributed by atoms with Gasteiger partial charge in [-0.25, -0.2) is 9.67 Å². The van der Waals surface area contributed by atoms with Gasteiger partial charge in [-0.15, -0.1) is 10.2 Å². The minimum Gasteiger partial charge on any atom is -0.310 e. The number of aromatic nitrogens is 6. The van der Waals surface area contributed by atoms with E-state index in [0.29, 0.717) is 5.95 Å². The van der Waals surface area contributed by atoms with Gasteiger partial charge < -0.3 is 4.57 Å². The van der Waals surface area contributed by atoms with E-state index < -0.39 is 0 Å². The van der Waals surface area contributed by atoms with Gasteiger partial charge >= 0.3 is 0 Å². The average Bonchev–Trinajstić information content (AvgIpc) is 3.19. The molecule has 26 heavy (non-hydrogen) atoms. The van der Waals surface area contributed by atoms with E-state index in [4.69, 9.17) is 5.10 Å². The molecule has 0 atom stereocenters. The molecule has 0 bridgehead atoms. The van der Waals surface area contributed by atoms with E-state index in [2.05, 4.69) is 41.1 Å². The minimum atomic E-state index is -0.167. The second-order valence-corrected chi connectivity index (χ2v) is 7.51. The summed E-state index contributed by atoms with van der Waals surface area (Å²) in [7, 11) is 3.83. The fourth-order valence-electron chi connectivity index (χ4n) is 3.14. The van der Waals surface area contributed by atoms with E-state index in [1.165, 1.54) is 0 Å². The third-order valence-corrected chi connectivity index (χ3v) is 4.46. The number of benzene rings is 1. The Morgan fingerprint density at radius 2 is 1.73 bits per heavy atom. The molecule has 0 saturated carbocycles. The van der Waals surface area contributed by atoms with Crippen LogP contribution in [0.2, 0.25) is 0 Å². The number of imidazole rings is 1. The number of rotatable bonds is 2. The number of nitrogens with zero attached hydrogens (tertiary/aromatic N) is 8. The van der Waals surface area contributed by atoms with Crippen molar-refractivity contribution in [3.05, 3.63) is 35.8 Å². The first-order valence-electron chi connectivity index (χ1n) is 8.53. The second-order valence-electron chi connectivity index (χ2n) is 7.51. The number of aryl methyl sites for hydroxylation is 3. The molecule has 8 nitrogen and oxygen atoms in total. The van der Waals surface area contributed by atoms with Gasteiger partial charge in [0.2, 0.25) is 5.95 Å². The van der Waals surface area contributed by atoms with Crippen LogP contribution in [0.1, 0.15) is 32.3 Å². The highest BCUT2D eigenvalue weighted by molar-refractivity contribution is 5.78. The van der Waals surface area contributed by atoms with E-state index in [1.807, 2.05) is 54.4 Å². The number of hydrogen-bond donors (Lipinski definition) is 0. The lowest BCUT2D eigenvalue weighted by atomic mass is 9.91. The largest absolute Gasteiger partial charge is 0.310 e. The Morgan fingerprint density at radius 3 is 2.42 bits per heavy atom. The van der Waals surface area contributed by atoms with Gasteiger partial charge in [-0.1, -0.05) is 32.9 Å². The Balaban J connectivity index is 1.90. The molecule has 134 valence electrons. The molecule has 0 aliphatic heterocycles. The van der Waals surface area contributed by atoms with Crippen molar-refractivity contribution in [3.8, 4) is 0 Å². The number of para-hydroxylation sites is 2. The average molecular weight is 350 g/mol. The summed E-state index contributed by atoms with van der Waals surface area (Å²) >= 11 is 0. The molecule has 0 saturated heterocycles. The molecule has 1 aromatic carbocycles. The zero-order valence-electron chi connectivity index (χ0n) is 15.9. The Kier molecular flexibility index (Phi) is 3.47. The lowest BCUT2D eigenvalue weighted by Gasteiger charge is -2.15. The van der Waals surface area contributed by atoms with Crippen LogP contribution in [0, 0.1) is 6.92 Å². The summed E-state index contributed by atoms with van der Waals surface area (Å²) in [4.78, 5) is 4.56. The molecular weight excluding hydrogens is 328 g/mol. The summed E-state index contributed by atoms with van der Waals surface area (Å²) in [5.74, 6) is 1.38. The summed E-state index contributed by atoms with van der Waals surface area (Å²) in [6.07, 6.45) is 0. The molecule has 0 amide bonds. The third-order valence-electron chi connectivity index (χ3n) is 4.46. The van der Waals surface area contributed by atoms with Crippen LogP contribution >= 0.6 is 0 Å². The standard InChI is InChI=1S/C18H22N8/c1-11-22-25(6)16-14(15(18(2,3)4)23-26(11)16)20-21-17-19-12-9-7-8-10-13(12)24(17)5/h7-10H,1-6H3/b21-20+. The maximum atomic E-state index is 4.73. The minimum absolute atomic E-state index is 0.167. The summed E-state index contributed by atoms with van der Waals surface area (Å²) < 4.78 is 5.55. The van der Waals surface area contributed by atoms with Crippen LogP contribution < -0.4 is 0 Å². The Morgan fingerprint density at radius 1 is 1.00 bits per heavy atom. The van der Waals surface area contributed by atoms with Crippen molar-refractivity contribution in [3.63, 3.8) is 0 Å². The zero-order chi connectivity index (χ0) is 18.6. The summed E-state index contributed by atoms with van der Waals surface area (Å²) in [6.45, 7) is 8.28. The molecule has 8 heteroatoms. The van der Waals surface area contributed by atoms with Crippen LogP contribution in [0.4, 0.5) is 11.6 Å². The normalized spacial score (nSPS) is 12.8. The highest BCUT2D eigenvalue weighted by Crippen LogP contribution is 2.35. The predicted octanol–water partition coefficient (Wildman–Crippen LogP) is 3.98. The third kappa shape index (κ3) is 2.40. The van der Waals surface area contributed by atoms with Crippen molar-refractivity contribution in [1.82, 2.24) is 28.9 Å². The molecule has 0 N–H and O–H groups in total. The quantitative estimate of drug-likeness (QED) is 0.513. The maximum absolute atomic E-state index is 4.73. The predicted molar refractivity (Wildman–Crippen MR) is 100 cm³/mol. The van der Waals surface area contributed by atoms with Crippen molar-refractivity contribution in [1.29, 1.82) is 0 Å². The Labute approximate surface area is 151 Å². The number of fused-ring (bicyclic) bond motifs is 2. The molecule has 0 aliphatic rings. The van der Waals surface area contributed by atoms with E-state index >= 15 is 0 Å². The van der Waals surface area contributed by atoms with Crippen molar-refractivity contribution < 1.29 is 0 Å². The van der Waals surface area contributed by atoms with E-state index in [9.17, 15) is 0 Å². The number of azo groups is 1. The van der Waals surface area contributed by atoms with Gasteiger partial charge in [-0.05, 0) is 19.1 Å². The maximum Gasteiger partial charge on any atom is 0.250 e. The first-order valence-corrected chi connectivity index (χ1v) is 8.53. The van der Waals surface area contributed by atoms with E-state index in [1.54, 1.807) is 4.68 Å². The molecule has 3 aromatic heterocycles. The fourth-order valence-corrected chi connectivity index (χ4v) is 3.14. The Bertz CT molecular complexity index is 1150. The smallest absolute Gasteiger partial charge is 0.250 e. The highest BCUT2D eigenvalue weighted by Gasteiger charge is 2.27. The fraction of sp³-hybridized carbons (Fsp3) is 0.389. The van der Waals surface area contributed by atoms with Gasteiger partial charge in [0.25, 0.3) is 0 Å². The van der Waals surface area contributed by atoms with Gasteiger partial charge in [-0.2, -0.15) is 14.7 Å². The van der Waals surface area contributed by atoms with Crippen LogP contribution in [0.3, 0.4) is 0 Å². The molecule has 3 heterocycles.